The first kappa shape index (κ1) is 15.2. The third-order valence-electron chi connectivity index (χ3n) is 5.95. The van der Waals surface area contributed by atoms with Gasteiger partial charge in [-0.3, -0.25) is 9.59 Å². The zero-order valence-electron chi connectivity index (χ0n) is 13.3. The predicted molar refractivity (Wildman–Crippen MR) is 91.1 cm³/mol. The number of halogens is 1. The third kappa shape index (κ3) is 2.24. The van der Waals surface area contributed by atoms with Crippen molar-refractivity contribution >= 4 is 28.9 Å². The first-order valence-corrected chi connectivity index (χ1v) is 9.12. The summed E-state index contributed by atoms with van der Waals surface area (Å²) < 4.78 is 0. The van der Waals surface area contributed by atoms with E-state index in [9.17, 15) is 9.59 Å². The van der Waals surface area contributed by atoms with Crippen molar-refractivity contribution in [2.75, 3.05) is 11.4 Å². The van der Waals surface area contributed by atoms with Crippen LogP contribution in [0.25, 0.3) is 0 Å². The second kappa shape index (κ2) is 5.62. The van der Waals surface area contributed by atoms with E-state index in [2.05, 4.69) is 4.90 Å². The van der Waals surface area contributed by atoms with Gasteiger partial charge < -0.3 is 4.90 Å². The second-order valence-electron chi connectivity index (χ2n) is 7.18. The molecule has 3 aliphatic rings. The van der Waals surface area contributed by atoms with Gasteiger partial charge in [0, 0.05) is 36.1 Å². The lowest BCUT2D eigenvalue weighted by molar-refractivity contribution is -0.146. The van der Waals surface area contributed by atoms with Crippen LogP contribution >= 0.6 is 11.6 Å². The zero-order chi connectivity index (χ0) is 16.0. The van der Waals surface area contributed by atoms with Gasteiger partial charge >= 0.3 is 0 Å². The first-order valence-electron chi connectivity index (χ1n) is 8.74. The summed E-state index contributed by atoms with van der Waals surface area (Å²) in [5.41, 5.74) is 1.45. The molecule has 1 spiro atoms. The molecule has 4 rings (SSSR count). The Morgan fingerprint density at radius 3 is 2.61 bits per heavy atom. The van der Waals surface area contributed by atoms with Crippen molar-refractivity contribution in [1.82, 2.24) is 0 Å². The molecule has 0 aromatic heterocycles. The smallest absolute Gasteiger partial charge is 0.148 e. The summed E-state index contributed by atoms with van der Waals surface area (Å²) in [4.78, 5) is 28.2. The molecule has 1 aromatic rings. The summed E-state index contributed by atoms with van der Waals surface area (Å²) in [6.45, 7) is 0.917. The van der Waals surface area contributed by atoms with Gasteiger partial charge in [0.05, 0.1) is 0 Å². The van der Waals surface area contributed by atoms with E-state index in [4.69, 9.17) is 11.6 Å². The number of nitrogens with zero attached hydrogens (tertiary/aromatic N) is 1. The molecule has 4 heteroatoms. The van der Waals surface area contributed by atoms with Crippen LogP contribution in [0, 0.1) is 5.41 Å². The molecular formula is C19H22ClNO2. The molecule has 1 aromatic carbocycles. The van der Waals surface area contributed by atoms with Crippen molar-refractivity contribution in [3.63, 3.8) is 0 Å². The Kier molecular flexibility index (Phi) is 3.72. The second-order valence-corrected chi connectivity index (χ2v) is 7.62. The molecular weight excluding hydrogens is 310 g/mol. The van der Waals surface area contributed by atoms with Crippen LogP contribution in [0.3, 0.4) is 0 Å². The summed E-state index contributed by atoms with van der Waals surface area (Å²) >= 11 is 6.22. The average Bonchev–Trinajstić information content (AvgIpc) is 2.79. The van der Waals surface area contributed by atoms with E-state index in [1.807, 2.05) is 18.2 Å². The predicted octanol–water partition coefficient (Wildman–Crippen LogP) is 3.95. The van der Waals surface area contributed by atoms with Crippen LogP contribution in [0.4, 0.5) is 5.69 Å². The molecule has 3 nitrogen and oxygen atoms in total. The molecule has 2 heterocycles. The lowest BCUT2D eigenvalue weighted by Crippen LogP contribution is -2.61. The van der Waals surface area contributed by atoms with Gasteiger partial charge in [0.25, 0.3) is 0 Å². The van der Waals surface area contributed by atoms with Crippen LogP contribution in [0.15, 0.2) is 18.2 Å². The number of fused-ring (bicyclic) bond motifs is 4. The molecule has 2 aliphatic heterocycles. The van der Waals surface area contributed by atoms with Crippen molar-refractivity contribution in [3.8, 4) is 0 Å². The standard InChI is InChI=1S/C19H22ClNO2/c20-14-9-8-13-12-19(17(22)6-4-7-18(19)23)16-5-2-1-3-10-21(16)15(13)11-14/h8-9,11,16H,1-7,10,12H2. The number of carbonyl (C=O) groups is 2. The van der Waals surface area contributed by atoms with Gasteiger partial charge in [-0.15, -0.1) is 0 Å². The van der Waals surface area contributed by atoms with Crippen LogP contribution in [0.2, 0.25) is 5.02 Å². The Labute approximate surface area is 142 Å². The van der Waals surface area contributed by atoms with E-state index < -0.39 is 5.41 Å². The molecule has 122 valence electrons. The number of carbonyl (C=O) groups excluding carboxylic acids is 2. The third-order valence-corrected chi connectivity index (χ3v) is 6.19. The summed E-state index contributed by atoms with van der Waals surface area (Å²) in [6, 6.07) is 5.93. The molecule has 0 radical (unpaired) electrons. The van der Waals surface area contributed by atoms with Crippen LogP contribution in [0.5, 0.6) is 0 Å². The number of rotatable bonds is 0. The highest BCUT2D eigenvalue weighted by Crippen LogP contribution is 2.49. The fraction of sp³-hybridized carbons (Fsp3) is 0.579. The number of hydrogen-bond acceptors (Lipinski definition) is 3. The molecule has 1 aliphatic carbocycles. The number of benzene rings is 1. The van der Waals surface area contributed by atoms with E-state index in [0.29, 0.717) is 19.3 Å². The Morgan fingerprint density at radius 2 is 1.83 bits per heavy atom. The molecule has 1 unspecified atom stereocenters. The van der Waals surface area contributed by atoms with Crippen molar-refractivity contribution < 1.29 is 9.59 Å². The number of hydrogen-bond donors (Lipinski definition) is 0. The summed E-state index contributed by atoms with van der Waals surface area (Å²) in [6.07, 6.45) is 6.71. The number of ketones is 2. The molecule has 1 saturated carbocycles. The lowest BCUT2D eigenvalue weighted by atomic mass is 9.61. The topological polar surface area (TPSA) is 37.4 Å². The highest BCUT2D eigenvalue weighted by Gasteiger charge is 2.56. The molecule has 2 fully saturated rings. The van der Waals surface area contributed by atoms with E-state index >= 15 is 0 Å². The number of anilines is 1. The minimum absolute atomic E-state index is 0.0243. The van der Waals surface area contributed by atoms with Crippen LogP contribution in [-0.4, -0.2) is 24.2 Å². The van der Waals surface area contributed by atoms with Gasteiger partial charge in [-0.2, -0.15) is 0 Å². The molecule has 0 amide bonds. The fourth-order valence-corrected chi connectivity index (χ4v) is 5.03. The maximum absolute atomic E-state index is 13.0. The summed E-state index contributed by atoms with van der Waals surface area (Å²) in [5, 5.41) is 0.726. The van der Waals surface area contributed by atoms with Gasteiger partial charge in [0.2, 0.25) is 0 Å². The Morgan fingerprint density at radius 1 is 1.04 bits per heavy atom. The Balaban J connectivity index is 1.89. The largest absolute Gasteiger partial charge is 0.367 e. The SMILES string of the molecule is O=C1CCCC(=O)C12Cc1ccc(Cl)cc1N1CCCCCC12. The Bertz CT molecular complexity index is 653. The van der Waals surface area contributed by atoms with Crippen molar-refractivity contribution in [3.05, 3.63) is 28.8 Å². The average molecular weight is 332 g/mol. The fourth-order valence-electron chi connectivity index (χ4n) is 4.86. The monoisotopic (exact) mass is 331 g/mol. The number of Topliss-reactive ketones (excluding diaryl/α,β-unsaturated/α-hetero) is 2. The molecule has 0 bridgehead atoms. The van der Waals surface area contributed by atoms with Crippen molar-refractivity contribution in [2.45, 2.75) is 57.4 Å². The Hall–Kier alpha value is -1.35. The van der Waals surface area contributed by atoms with Crippen molar-refractivity contribution in [1.29, 1.82) is 0 Å². The minimum Gasteiger partial charge on any atom is -0.367 e. The minimum atomic E-state index is -0.802. The summed E-state index contributed by atoms with van der Waals surface area (Å²) in [7, 11) is 0. The molecule has 1 saturated heterocycles. The highest BCUT2D eigenvalue weighted by molar-refractivity contribution is 6.31. The highest BCUT2D eigenvalue weighted by atomic mass is 35.5. The van der Waals surface area contributed by atoms with Crippen LogP contribution in [-0.2, 0) is 16.0 Å². The summed E-state index contributed by atoms with van der Waals surface area (Å²) in [5.74, 6) is 0.345. The van der Waals surface area contributed by atoms with E-state index in [0.717, 1.165) is 48.5 Å². The lowest BCUT2D eigenvalue weighted by Gasteiger charge is -2.50. The molecule has 0 N–H and O–H groups in total. The van der Waals surface area contributed by atoms with Gasteiger partial charge in [0.15, 0.2) is 0 Å². The normalized spacial score (nSPS) is 26.7. The van der Waals surface area contributed by atoms with Crippen molar-refractivity contribution in [2.24, 2.45) is 5.41 Å². The van der Waals surface area contributed by atoms with Gasteiger partial charge in [-0.25, -0.2) is 0 Å². The van der Waals surface area contributed by atoms with Gasteiger partial charge in [-0.1, -0.05) is 30.5 Å². The van der Waals surface area contributed by atoms with E-state index in [1.54, 1.807) is 0 Å². The van der Waals surface area contributed by atoms with Gasteiger partial charge in [0.1, 0.15) is 17.0 Å². The van der Waals surface area contributed by atoms with Gasteiger partial charge in [-0.05, 0) is 43.4 Å². The zero-order valence-corrected chi connectivity index (χ0v) is 14.1. The quantitative estimate of drug-likeness (QED) is 0.675. The molecule has 23 heavy (non-hydrogen) atoms. The van der Waals surface area contributed by atoms with Crippen LogP contribution in [0.1, 0.15) is 50.5 Å². The maximum Gasteiger partial charge on any atom is 0.148 e. The maximum atomic E-state index is 13.0. The van der Waals surface area contributed by atoms with E-state index in [1.165, 1.54) is 6.42 Å². The van der Waals surface area contributed by atoms with E-state index in [-0.39, 0.29) is 17.6 Å². The molecule has 1 atom stereocenters. The first-order chi connectivity index (χ1) is 11.1. The van der Waals surface area contributed by atoms with Crippen LogP contribution < -0.4 is 4.90 Å².